The van der Waals surface area contributed by atoms with E-state index in [1.165, 1.54) is 0 Å². The molecule has 1 aliphatic heterocycles. The third-order valence-electron chi connectivity index (χ3n) is 1.87. The summed E-state index contributed by atoms with van der Waals surface area (Å²) >= 11 is 0. The van der Waals surface area contributed by atoms with Crippen LogP contribution in [0.15, 0.2) is 0 Å². The molecule has 0 saturated carbocycles. The van der Waals surface area contributed by atoms with Crippen molar-refractivity contribution in [2.24, 2.45) is 0 Å². The van der Waals surface area contributed by atoms with Crippen LogP contribution in [0.2, 0.25) is 0 Å². The molecule has 1 aliphatic rings. The Morgan fingerprint density at radius 2 is 2.40 bits per heavy atom. The molecule has 0 unspecified atom stereocenters. The van der Waals surface area contributed by atoms with Crippen LogP contribution >= 0.6 is 0 Å². The highest BCUT2D eigenvalue weighted by Crippen LogP contribution is 2.21. The minimum Gasteiger partial charge on any atom is -0.384 e. The van der Waals surface area contributed by atoms with Crippen molar-refractivity contribution >= 4 is 0 Å². The smallest absolute Gasteiger partial charge is 0.144 e. The van der Waals surface area contributed by atoms with Gasteiger partial charge in [-0.2, -0.15) is 0 Å². The predicted octanol–water partition coefficient (Wildman–Crippen LogP) is 0.0184. The van der Waals surface area contributed by atoms with Gasteiger partial charge in [0.25, 0.3) is 0 Å². The van der Waals surface area contributed by atoms with E-state index in [1.54, 1.807) is 0 Å². The lowest BCUT2D eigenvalue weighted by Gasteiger charge is -2.33. The number of piperidine rings is 1. The van der Waals surface area contributed by atoms with Gasteiger partial charge in [-0.25, -0.2) is 8.78 Å². The summed E-state index contributed by atoms with van der Waals surface area (Å²) in [5, 5.41) is 11.9. The largest absolute Gasteiger partial charge is 0.384 e. The standard InChI is InChI=1S/C6H11F2NO/c7-4-6(10)1-2-9-3-5(6)8/h5,9-10H,1-4H2/t5-,6+/m0/s1. The van der Waals surface area contributed by atoms with Crippen molar-refractivity contribution in [2.45, 2.75) is 18.2 Å². The molecule has 1 saturated heterocycles. The Kier molecular flexibility index (Phi) is 2.21. The summed E-state index contributed by atoms with van der Waals surface area (Å²) in [5.41, 5.74) is -1.72. The topological polar surface area (TPSA) is 32.3 Å². The molecular formula is C6H11F2NO. The van der Waals surface area contributed by atoms with Crippen molar-refractivity contribution < 1.29 is 13.9 Å². The van der Waals surface area contributed by atoms with Crippen LogP contribution in [0.25, 0.3) is 0 Å². The highest BCUT2D eigenvalue weighted by molar-refractivity contribution is 4.91. The van der Waals surface area contributed by atoms with E-state index in [0.29, 0.717) is 6.54 Å². The van der Waals surface area contributed by atoms with Gasteiger partial charge in [0.15, 0.2) is 0 Å². The summed E-state index contributed by atoms with van der Waals surface area (Å²) in [5.74, 6) is 0. The molecule has 2 N–H and O–H groups in total. The fraction of sp³-hybridized carbons (Fsp3) is 1.00. The van der Waals surface area contributed by atoms with Gasteiger partial charge in [0.2, 0.25) is 0 Å². The van der Waals surface area contributed by atoms with Crippen LogP contribution in [0.1, 0.15) is 6.42 Å². The normalized spacial score (nSPS) is 41.7. The second-order valence-electron chi connectivity index (χ2n) is 2.66. The molecule has 60 valence electrons. The van der Waals surface area contributed by atoms with Gasteiger partial charge in [-0.3, -0.25) is 0 Å². The zero-order chi connectivity index (χ0) is 7.61. The van der Waals surface area contributed by atoms with Crippen LogP contribution < -0.4 is 5.32 Å². The fourth-order valence-electron chi connectivity index (χ4n) is 1.03. The number of alkyl halides is 2. The van der Waals surface area contributed by atoms with E-state index >= 15 is 0 Å². The lowest BCUT2D eigenvalue weighted by atomic mass is 9.92. The first-order chi connectivity index (χ1) is 4.69. The van der Waals surface area contributed by atoms with Crippen LogP contribution in [0.3, 0.4) is 0 Å². The molecule has 0 aromatic rings. The van der Waals surface area contributed by atoms with E-state index in [1.807, 2.05) is 0 Å². The molecule has 2 atom stereocenters. The molecule has 0 aromatic heterocycles. The van der Waals surface area contributed by atoms with Crippen LogP contribution in [-0.4, -0.2) is 36.6 Å². The Bertz CT molecular complexity index is 122. The number of aliphatic hydroxyl groups is 1. The second kappa shape index (κ2) is 2.80. The van der Waals surface area contributed by atoms with Crippen molar-refractivity contribution in [3.63, 3.8) is 0 Å². The minimum atomic E-state index is -1.72. The Hall–Kier alpha value is -0.220. The van der Waals surface area contributed by atoms with Gasteiger partial charge in [0, 0.05) is 6.54 Å². The van der Waals surface area contributed by atoms with Crippen molar-refractivity contribution in [2.75, 3.05) is 19.8 Å². The van der Waals surface area contributed by atoms with Crippen molar-refractivity contribution in [3.8, 4) is 0 Å². The molecular weight excluding hydrogens is 140 g/mol. The molecule has 2 nitrogen and oxygen atoms in total. The zero-order valence-corrected chi connectivity index (χ0v) is 5.61. The van der Waals surface area contributed by atoms with Gasteiger partial charge >= 0.3 is 0 Å². The molecule has 1 fully saturated rings. The van der Waals surface area contributed by atoms with Gasteiger partial charge < -0.3 is 10.4 Å². The average Bonchev–Trinajstić information content (AvgIpc) is 1.96. The molecule has 0 bridgehead atoms. The average molecular weight is 151 g/mol. The number of hydrogen-bond acceptors (Lipinski definition) is 2. The maximum Gasteiger partial charge on any atom is 0.144 e. The summed E-state index contributed by atoms with van der Waals surface area (Å²) in [7, 11) is 0. The van der Waals surface area contributed by atoms with Crippen molar-refractivity contribution in [1.29, 1.82) is 0 Å². The van der Waals surface area contributed by atoms with Crippen LogP contribution in [0, 0.1) is 0 Å². The number of nitrogens with one attached hydrogen (secondary N) is 1. The SMILES string of the molecule is O[C@@]1(CF)CCNC[C@@H]1F. The Morgan fingerprint density at radius 1 is 1.70 bits per heavy atom. The summed E-state index contributed by atoms with van der Waals surface area (Å²) in [4.78, 5) is 0. The number of hydrogen-bond donors (Lipinski definition) is 2. The molecule has 0 aliphatic carbocycles. The molecule has 0 aromatic carbocycles. The first kappa shape index (κ1) is 7.88. The van der Waals surface area contributed by atoms with Crippen LogP contribution in [-0.2, 0) is 0 Å². The molecule has 0 spiro atoms. The van der Waals surface area contributed by atoms with Gasteiger partial charge in [0.1, 0.15) is 18.4 Å². The van der Waals surface area contributed by atoms with Gasteiger partial charge in [-0.05, 0) is 13.0 Å². The van der Waals surface area contributed by atoms with E-state index < -0.39 is 18.4 Å². The first-order valence-corrected chi connectivity index (χ1v) is 3.32. The predicted molar refractivity (Wildman–Crippen MR) is 33.3 cm³/mol. The van der Waals surface area contributed by atoms with Crippen molar-refractivity contribution in [1.82, 2.24) is 5.32 Å². The molecule has 10 heavy (non-hydrogen) atoms. The second-order valence-corrected chi connectivity index (χ2v) is 2.66. The van der Waals surface area contributed by atoms with E-state index in [4.69, 9.17) is 5.11 Å². The van der Waals surface area contributed by atoms with E-state index in [2.05, 4.69) is 5.32 Å². The quantitative estimate of drug-likeness (QED) is 0.553. The third-order valence-corrected chi connectivity index (χ3v) is 1.87. The Morgan fingerprint density at radius 3 is 2.80 bits per heavy atom. The van der Waals surface area contributed by atoms with Gasteiger partial charge in [-0.1, -0.05) is 0 Å². The van der Waals surface area contributed by atoms with Crippen molar-refractivity contribution in [3.05, 3.63) is 0 Å². The summed E-state index contributed by atoms with van der Waals surface area (Å²) in [6.45, 7) is -0.447. The third kappa shape index (κ3) is 1.27. The molecule has 1 heterocycles. The summed E-state index contributed by atoms with van der Waals surface area (Å²) in [6.07, 6.45) is -1.31. The van der Waals surface area contributed by atoms with Crippen LogP contribution in [0.5, 0.6) is 0 Å². The monoisotopic (exact) mass is 151 g/mol. The minimum absolute atomic E-state index is 0.0560. The van der Waals surface area contributed by atoms with Crippen LogP contribution in [0.4, 0.5) is 8.78 Å². The lowest BCUT2D eigenvalue weighted by molar-refractivity contribution is -0.0702. The summed E-state index contributed by atoms with van der Waals surface area (Å²) < 4.78 is 24.7. The van der Waals surface area contributed by atoms with E-state index in [9.17, 15) is 8.78 Å². The highest BCUT2D eigenvalue weighted by Gasteiger charge is 2.39. The molecule has 1 rings (SSSR count). The maximum absolute atomic E-state index is 12.7. The zero-order valence-electron chi connectivity index (χ0n) is 5.61. The maximum atomic E-state index is 12.7. The molecule has 0 radical (unpaired) electrons. The summed E-state index contributed by atoms with van der Waals surface area (Å²) in [6, 6.07) is 0. The number of halogens is 2. The molecule has 4 heteroatoms. The Labute approximate surface area is 58.2 Å². The van der Waals surface area contributed by atoms with Gasteiger partial charge in [0.05, 0.1) is 0 Å². The lowest BCUT2D eigenvalue weighted by Crippen LogP contribution is -2.53. The molecule has 0 amide bonds. The van der Waals surface area contributed by atoms with Gasteiger partial charge in [-0.15, -0.1) is 0 Å². The Balaban J connectivity index is 2.54. The van der Waals surface area contributed by atoms with E-state index in [0.717, 1.165) is 0 Å². The fourth-order valence-corrected chi connectivity index (χ4v) is 1.03. The first-order valence-electron chi connectivity index (χ1n) is 3.32. The highest BCUT2D eigenvalue weighted by atomic mass is 19.1. The van der Waals surface area contributed by atoms with E-state index in [-0.39, 0.29) is 13.0 Å². The number of rotatable bonds is 1.